The summed E-state index contributed by atoms with van der Waals surface area (Å²) in [5.41, 5.74) is 7.10. The van der Waals surface area contributed by atoms with E-state index >= 15 is 0 Å². The first kappa shape index (κ1) is 10.8. The summed E-state index contributed by atoms with van der Waals surface area (Å²) < 4.78 is 5.22. The zero-order valence-corrected chi connectivity index (χ0v) is 10.2. The summed E-state index contributed by atoms with van der Waals surface area (Å²) in [5, 5.41) is 4.05. The number of nitrogens with two attached hydrogens (primary N) is 1. The van der Waals surface area contributed by atoms with Crippen LogP contribution in [-0.2, 0) is 0 Å². The van der Waals surface area contributed by atoms with Crippen molar-refractivity contribution >= 4 is 28.7 Å². The molecule has 0 saturated carbocycles. The van der Waals surface area contributed by atoms with E-state index < -0.39 is 0 Å². The van der Waals surface area contributed by atoms with Crippen LogP contribution in [0.4, 0.5) is 5.82 Å². The molecule has 0 bridgehead atoms. The van der Waals surface area contributed by atoms with Crippen molar-refractivity contribution in [3.05, 3.63) is 40.9 Å². The molecule has 0 atom stereocenters. The van der Waals surface area contributed by atoms with Crippen molar-refractivity contribution in [2.24, 2.45) is 0 Å². The van der Waals surface area contributed by atoms with E-state index in [9.17, 15) is 0 Å². The number of pyridine rings is 1. The standard InChI is InChI=1S/C15H14N2O/c1-9-3-6-14-12(7-9)11-5-4-10(18-2)8-13(11)15(16)17-14/h4-8H,1,3H2,2H3,(H2,16,17). The average Bonchev–Trinajstić information content (AvgIpc) is 2.39. The minimum Gasteiger partial charge on any atom is -0.497 e. The lowest BCUT2D eigenvalue weighted by Gasteiger charge is -2.09. The molecule has 1 heterocycles. The van der Waals surface area contributed by atoms with Crippen LogP contribution in [0.25, 0.3) is 22.9 Å². The van der Waals surface area contributed by atoms with Gasteiger partial charge in [-0.3, -0.25) is 0 Å². The fourth-order valence-corrected chi connectivity index (χ4v) is 2.28. The van der Waals surface area contributed by atoms with Gasteiger partial charge < -0.3 is 10.5 Å². The number of anilines is 1. The maximum Gasteiger partial charge on any atom is 0.132 e. The first-order chi connectivity index (χ1) is 8.69. The Hall–Kier alpha value is -2.29. The van der Waals surface area contributed by atoms with Gasteiger partial charge in [0, 0.05) is 10.6 Å². The molecule has 0 aliphatic heterocycles. The molecule has 2 aromatic rings. The SMILES string of the molecule is C=C1C=c2c(nc(N)c3cc(OC)ccc23)=CC1. The van der Waals surface area contributed by atoms with Gasteiger partial charge in [-0.05, 0) is 36.1 Å². The highest BCUT2D eigenvalue weighted by molar-refractivity contribution is 5.93. The van der Waals surface area contributed by atoms with Crippen LogP contribution in [0.1, 0.15) is 6.42 Å². The van der Waals surface area contributed by atoms with Crippen LogP contribution in [0, 0.1) is 0 Å². The zero-order valence-electron chi connectivity index (χ0n) is 10.2. The van der Waals surface area contributed by atoms with E-state index in [1.807, 2.05) is 18.2 Å². The van der Waals surface area contributed by atoms with Crippen molar-refractivity contribution in [2.75, 3.05) is 12.8 Å². The zero-order chi connectivity index (χ0) is 12.7. The topological polar surface area (TPSA) is 48.1 Å². The summed E-state index contributed by atoms with van der Waals surface area (Å²) in [5.74, 6) is 1.33. The Labute approximate surface area is 105 Å². The monoisotopic (exact) mass is 238 g/mol. The van der Waals surface area contributed by atoms with Crippen LogP contribution in [0.3, 0.4) is 0 Å². The number of rotatable bonds is 1. The summed E-state index contributed by atoms with van der Waals surface area (Å²) in [6.45, 7) is 4.01. The predicted molar refractivity (Wildman–Crippen MR) is 74.6 cm³/mol. The van der Waals surface area contributed by atoms with Crippen LogP contribution in [-0.4, -0.2) is 12.1 Å². The molecule has 3 rings (SSSR count). The highest BCUT2D eigenvalue weighted by Gasteiger charge is 2.07. The minimum absolute atomic E-state index is 0.541. The summed E-state index contributed by atoms with van der Waals surface area (Å²) in [6.07, 6.45) is 4.98. The van der Waals surface area contributed by atoms with E-state index in [0.717, 1.165) is 39.1 Å². The Balaban J connectivity index is 2.50. The van der Waals surface area contributed by atoms with Crippen LogP contribution in [0.15, 0.2) is 30.4 Å². The van der Waals surface area contributed by atoms with Crippen molar-refractivity contribution in [3.8, 4) is 5.75 Å². The Bertz CT molecular complexity index is 775. The maximum atomic E-state index is 6.02. The van der Waals surface area contributed by atoms with Gasteiger partial charge in [0.15, 0.2) is 0 Å². The first-order valence-corrected chi connectivity index (χ1v) is 5.82. The van der Waals surface area contributed by atoms with Gasteiger partial charge in [0.2, 0.25) is 0 Å². The smallest absolute Gasteiger partial charge is 0.132 e. The largest absolute Gasteiger partial charge is 0.497 e. The quantitative estimate of drug-likeness (QED) is 0.815. The molecule has 90 valence electrons. The van der Waals surface area contributed by atoms with E-state index in [1.54, 1.807) is 7.11 Å². The van der Waals surface area contributed by atoms with E-state index in [0.29, 0.717) is 5.82 Å². The number of allylic oxidation sites excluding steroid dienone is 1. The van der Waals surface area contributed by atoms with Gasteiger partial charge in [-0.2, -0.15) is 0 Å². The number of aromatic nitrogens is 1. The molecule has 0 fully saturated rings. The summed E-state index contributed by atoms with van der Waals surface area (Å²) in [7, 11) is 1.64. The Morgan fingerprint density at radius 2 is 2.17 bits per heavy atom. The second kappa shape index (κ2) is 3.88. The highest BCUT2D eigenvalue weighted by Crippen LogP contribution is 2.21. The number of nitrogens with zero attached hydrogens (tertiary/aromatic N) is 1. The van der Waals surface area contributed by atoms with Crippen molar-refractivity contribution in [3.63, 3.8) is 0 Å². The second-order valence-electron chi connectivity index (χ2n) is 4.42. The third-order valence-electron chi connectivity index (χ3n) is 3.22. The molecule has 1 aromatic carbocycles. The van der Waals surface area contributed by atoms with Gasteiger partial charge in [0.05, 0.1) is 12.5 Å². The summed E-state index contributed by atoms with van der Waals surface area (Å²) in [6, 6.07) is 5.88. The summed E-state index contributed by atoms with van der Waals surface area (Å²) >= 11 is 0. The van der Waals surface area contributed by atoms with Crippen molar-refractivity contribution < 1.29 is 4.74 Å². The van der Waals surface area contributed by atoms with Crippen LogP contribution in [0.2, 0.25) is 0 Å². The van der Waals surface area contributed by atoms with Crippen molar-refractivity contribution in [1.29, 1.82) is 0 Å². The average molecular weight is 238 g/mol. The number of methoxy groups -OCH3 is 1. The van der Waals surface area contributed by atoms with Crippen LogP contribution < -0.4 is 21.0 Å². The molecule has 1 aliphatic rings. The van der Waals surface area contributed by atoms with Crippen molar-refractivity contribution in [1.82, 2.24) is 4.98 Å². The second-order valence-corrected chi connectivity index (χ2v) is 4.42. The number of hydrogen-bond donors (Lipinski definition) is 1. The van der Waals surface area contributed by atoms with Gasteiger partial charge in [-0.25, -0.2) is 4.98 Å². The molecular weight excluding hydrogens is 224 g/mol. The molecule has 0 radical (unpaired) electrons. The third-order valence-corrected chi connectivity index (χ3v) is 3.22. The molecule has 0 amide bonds. The molecule has 18 heavy (non-hydrogen) atoms. The number of benzene rings is 1. The van der Waals surface area contributed by atoms with E-state index in [2.05, 4.69) is 23.7 Å². The lowest BCUT2D eigenvalue weighted by atomic mass is 10.0. The Morgan fingerprint density at radius 3 is 2.94 bits per heavy atom. The fraction of sp³-hybridized carbons (Fsp3) is 0.133. The summed E-state index contributed by atoms with van der Waals surface area (Å²) in [4.78, 5) is 4.45. The van der Waals surface area contributed by atoms with E-state index in [4.69, 9.17) is 10.5 Å². The van der Waals surface area contributed by atoms with E-state index in [-0.39, 0.29) is 0 Å². The molecule has 1 aliphatic carbocycles. The van der Waals surface area contributed by atoms with Gasteiger partial charge >= 0.3 is 0 Å². The number of hydrogen-bond acceptors (Lipinski definition) is 3. The third kappa shape index (κ3) is 1.56. The minimum atomic E-state index is 0.541. The Kier molecular flexibility index (Phi) is 2.33. The maximum absolute atomic E-state index is 6.02. The van der Waals surface area contributed by atoms with Gasteiger partial charge in [0.25, 0.3) is 0 Å². The molecule has 0 spiro atoms. The normalized spacial score (nSPS) is 13.7. The predicted octanol–water partition coefficient (Wildman–Crippen LogP) is 1.35. The van der Waals surface area contributed by atoms with Crippen molar-refractivity contribution in [2.45, 2.75) is 6.42 Å². The molecular formula is C15H14N2O. The highest BCUT2D eigenvalue weighted by atomic mass is 16.5. The lowest BCUT2D eigenvalue weighted by Crippen LogP contribution is -2.32. The molecule has 3 nitrogen and oxygen atoms in total. The van der Waals surface area contributed by atoms with Crippen LogP contribution >= 0.6 is 0 Å². The molecule has 2 N–H and O–H groups in total. The van der Waals surface area contributed by atoms with Crippen LogP contribution in [0.5, 0.6) is 5.75 Å². The Morgan fingerprint density at radius 1 is 1.33 bits per heavy atom. The molecule has 1 aromatic heterocycles. The number of fused-ring (bicyclic) bond motifs is 3. The number of ether oxygens (including phenoxy) is 1. The van der Waals surface area contributed by atoms with E-state index in [1.165, 1.54) is 0 Å². The van der Waals surface area contributed by atoms with Gasteiger partial charge in [-0.15, -0.1) is 0 Å². The number of nitrogen functional groups attached to an aromatic ring is 1. The fourth-order valence-electron chi connectivity index (χ4n) is 2.28. The lowest BCUT2D eigenvalue weighted by molar-refractivity contribution is 0.415. The molecule has 0 unspecified atom stereocenters. The molecule has 0 saturated heterocycles. The van der Waals surface area contributed by atoms with Gasteiger partial charge in [-0.1, -0.05) is 18.2 Å². The van der Waals surface area contributed by atoms with Gasteiger partial charge in [0.1, 0.15) is 11.6 Å². The molecule has 3 heteroatoms. The first-order valence-electron chi connectivity index (χ1n) is 5.82.